The number of fused-ring (bicyclic) bond motifs is 6. The summed E-state index contributed by atoms with van der Waals surface area (Å²) in [5.41, 5.74) is -0.00701. The number of nitrogens with zero attached hydrogens (tertiary/aromatic N) is 5. The predicted octanol–water partition coefficient (Wildman–Crippen LogP) is 1.01. The van der Waals surface area contributed by atoms with E-state index in [4.69, 9.17) is 50.8 Å². The van der Waals surface area contributed by atoms with Crippen molar-refractivity contribution in [2.75, 3.05) is 13.2 Å². The number of imidazole rings is 2. The Balaban J connectivity index is 1.22. The van der Waals surface area contributed by atoms with Crippen molar-refractivity contribution in [2.24, 2.45) is 0 Å². The van der Waals surface area contributed by atoms with Crippen LogP contribution < -0.4 is 5.56 Å². The number of rotatable bonds is 2. The van der Waals surface area contributed by atoms with Crippen LogP contribution in [0, 0.1) is 0 Å². The summed E-state index contributed by atoms with van der Waals surface area (Å²) >= 11 is 12.3. The first-order chi connectivity index (χ1) is 21.3. The molecule has 0 amide bonds. The van der Waals surface area contributed by atoms with Gasteiger partial charge in [-0.1, -0.05) is 23.2 Å². The smallest absolute Gasteiger partial charge is 0.387 e. The SMILES string of the molecule is O=c1[nH]cnc2c1ncn2[C@@H]1O[C@@H]2COP(=O)(O)OC3C(O)[C@@H](COP(=O)(O)OC1C2O)O[C@H]3n1cnc2cc(Cl)c(Cl)cc21. The van der Waals surface area contributed by atoms with Crippen molar-refractivity contribution >= 4 is 61.0 Å². The second-order valence-corrected chi connectivity index (χ2v) is 13.9. The van der Waals surface area contributed by atoms with Gasteiger partial charge in [0.05, 0.1) is 53.3 Å². The monoisotopic (exact) mass is 710 g/mol. The number of benzene rings is 1. The first kappa shape index (κ1) is 31.3. The number of phosphoric acid groups is 2. The van der Waals surface area contributed by atoms with Gasteiger partial charge >= 0.3 is 15.6 Å². The fourth-order valence-electron chi connectivity index (χ4n) is 5.37. The highest BCUT2D eigenvalue weighted by Crippen LogP contribution is 2.53. The molecule has 4 bridgehead atoms. The maximum absolute atomic E-state index is 13.2. The first-order valence-electron chi connectivity index (χ1n) is 13.0. The van der Waals surface area contributed by atoms with E-state index in [2.05, 4.69) is 19.9 Å². The average molecular weight is 711 g/mol. The molecule has 3 fully saturated rings. The molecule has 6 heterocycles. The molecule has 0 saturated carbocycles. The molecule has 4 aromatic rings. The van der Waals surface area contributed by atoms with Gasteiger partial charge in [0.2, 0.25) is 0 Å². The number of halogens is 2. The molecule has 0 spiro atoms. The number of phosphoric ester groups is 2. The molecule has 5 N–H and O–H groups in total. The molecule has 1 aromatic carbocycles. The summed E-state index contributed by atoms with van der Waals surface area (Å²) in [6.07, 6.45) is -8.93. The van der Waals surface area contributed by atoms with Gasteiger partial charge in [-0.25, -0.2) is 24.1 Å². The van der Waals surface area contributed by atoms with Crippen LogP contribution in [-0.2, 0) is 36.7 Å². The molecule has 23 heteroatoms. The summed E-state index contributed by atoms with van der Waals surface area (Å²) in [7, 11) is -10.1. The van der Waals surface area contributed by atoms with Gasteiger partial charge in [0.15, 0.2) is 23.6 Å². The Morgan fingerprint density at radius 1 is 0.844 bits per heavy atom. The van der Waals surface area contributed by atoms with Crippen molar-refractivity contribution in [3.63, 3.8) is 0 Å². The number of aliphatic hydroxyl groups excluding tert-OH is 2. The minimum atomic E-state index is -5.06. The van der Waals surface area contributed by atoms with Crippen LogP contribution in [0.1, 0.15) is 12.5 Å². The Hall–Kier alpha value is -2.32. The van der Waals surface area contributed by atoms with Gasteiger partial charge in [-0.15, -0.1) is 0 Å². The molecule has 19 nitrogen and oxygen atoms in total. The number of aliphatic hydroxyl groups is 2. The number of H-pyrrole nitrogens is 1. The second-order valence-electron chi connectivity index (χ2n) is 10.2. The number of hydrogen-bond donors (Lipinski definition) is 5. The van der Waals surface area contributed by atoms with E-state index in [-0.39, 0.29) is 21.2 Å². The highest BCUT2D eigenvalue weighted by Gasteiger charge is 2.53. The zero-order valence-electron chi connectivity index (χ0n) is 22.3. The third-order valence-corrected chi connectivity index (χ3v) is 10.2. The van der Waals surface area contributed by atoms with E-state index < -0.39 is 83.5 Å². The molecule has 242 valence electrons. The van der Waals surface area contributed by atoms with Gasteiger partial charge in [-0.3, -0.25) is 27.5 Å². The number of aromatic nitrogens is 6. The Bertz CT molecular complexity index is 1940. The fraction of sp³-hybridized carbons (Fsp3) is 0.455. The van der Waals surface area contributed by atoms with Crippen LogP contribution in [0.2, 0.25) is 10.0 Å². The molecular weight excluding hydrogens is 689 g/mol. The summed E-state index contributed by atoms with van der Waals surface area (Å²) in [4.78, 5) is 48.1. The van der Waals surface area contributed by atoms with Crippen molar-refractivity contribution in [3.8, 4) is 0 Å². The van der Waals surface area contributed by atoms with Gasteiger partial charge in [0, 0.05) is 0 Å². The van der Waals surface area contributed by atoms with Crippen molar-refractivity contribution in [2.45, 2.75) is 49.1 Å². The highest BCUT2D eigenvalue weighted by atomic mass is 35.5. The molecule has 3 saturated heterocycles. The summed E-state index contributed by atoms with van der Waals surface area (Å²) in [6, 6.07) is 2.93. The third-order valence-electron chi connectivity index (χ3n) is 7.47. The number of nitrogens with one attached hydrogen (secondary N) is 1. The molecule has 10 atom stereocenters. The topological polar surface area (TPSA) is 252 Å². The van der Waals surface area contributed by atoms with Crippen molar-refractivity contribution in [3.05, 3.63) is 51.5 Å². The Morgan fingerprint density at radius 2 is 1.40 bits per heavy atom. The summed E-state index contributed by atoms with van der Waals surface area (Å²) < 4.78 is 61.5. The van der Waals surface area contributed by atoms with Crippen LogP contribution in [-0.4, -0.2) is 98.9 Å². The lowest BCUT2D eigenvalue weighted by molar-refractivity contribution is -0.0674. The quantitative estimate of drug-likeness (QED) is 0.182. The largest absolute Gasteiger partial charge is 0.472 e. The minimum absolute atomic E-state index is 0.0238. The maximum atomic E-state index is 13.2. The third kappa shape index (κ3) is 5.66. The van der Waals surface area contributed by atoms with Crippen LogP contribution in [0.15, 0.2) is 35.9 Å². The molecule has 45 heavy (non-hydrogen) atoms. The number of hydrogen-bond acceptors (Lipinski definition) is 14. The average Bonchev–Trinajstić information content (AvgIpc) is 3.73. The molecule has 3 aromatic heterocycles. The van der Waals surface area contributed by atoms with E-state index >= 15 is 0 Å². The van der Waals surface area contributed by atoms with E-state index in [0.717, 1.165) is 12.7 Å². The van der Waals surface area contributed by atoms with Crippen molar-refractivity contribution < 1.29 is 56.7 Å². The minimum Gasteiger partial charge on any atom is -0.387 e. The van der Waals surface area contributed by atoms with E-state index in [0.29, 0.717) is 11.0 Å². The van der Waals surface area contributed by atoms with E-state index in [1.54, 1.807) is 0 Å². The number of aromatic amines is 1. The lowest BCUT2D eigenvalue weighted by Crippen LogP contribution is -2.38. The highest BCUT2D eigenvalue weighted by molar-refractivity contribution is 7.47. The van der Waals surface area contributed by atoms with Gasteiger partial charge in [0.25, 0.3) is 5.56 Å². The van der Waals surface area contributed by atoms with E-state index in [1.807, 2.05) is 0 Å². The van der Waals surface area contributed by atoms with Gasteiger partial charge in [0.1, 0.15) is 36.6 Å². The standard InChI is InChI=1S/C22H22Cl2N6O13P2/c23-8-1-10-11(2-9(8)24)29(6-27-10)21-17-15(31)12(40-21)3-38-45(36,37)43-18-16(32)13(4-39-44(34,35)42-17)41-22(18)30-7-28-14-19(30)25-5-26-20(14)33/h1-2,5-7,12-13,15-18,21-22,31-32H,3-4H2,(H,34,35)(H,36,37)(H,25,26,33)/t12-,13-,15?,16?,17?,18?,21-,22-/m1/s1. The number of ether oxygens (including phenoxy) is 2. The second kappa shape index (κ2) is 11.4. The Morgan fingerprint density at radius 3 is 2.02 bits per heavy atom. The normalized spacial score (nSPS) is 37.7. The van der Waals surface area contributed by atoms with Crippen LogP contribution in [0.3, 0.4) is 0 Å². The van der Waals surface area contributed by atoms with Crippen LogP contribution in [0.5, 0.6) is 0 Å². The van der Waals surface area contributed by atoms with Gasteiger partial charge in [-0.2, -0.15) is 0 Å². The molecular formula is C22H22Cl2N6O13P2. The summed E-state index contributed by atoms with van der Waals surface area (Å²) in [6.45, 7) is -1.59. The molecule has 0 radical (unpaired) electrons. The Kier molecular flexibility index (Phi) is 7.95. The maximum Gasteiger partial charge on any atom is 0.472 e. The fourth-order valence-corrected chi connectivity index (χ4v) is 7.55. The van der Waals surface area contributed by atoms with E-state index in [9.17, 15) is 33.9 Å². The van der Waals surface area contributed by atoms with Gasteiger partial charge in [-0.05, 0) is 12.1 Å². The predicted molar refractivity (Wildman–Crippen MR) is 149 cm³/mol. The molecule has 3 aliphatic rings. The summed E-state index contributed by atoms with van der Waals surface area (Å²) in [5, 5.41) is 22.5. The summed E-state index contributed by atoms with van der Waals surface area (Å²) in [5.74, 6) is 0. The van der Waals surface area contributed by atoms with Crippen molar-refractivity contribution in [1.29, 1.82) is 0 Å². The van der Waals surface area contributed by atoms with Crippen LogP contribution in [0.4, 0.5) is 0 Å². The molecule has 6 unspecified atom stereocenters. The van der Waals surface area contributed by atoms with Crippen LogP contribution >= 0.6 is 38.8 Å². The lowest BCUT2D eigenvalue weighted by atomic mass is 10.1. The molecule has 0 aliphatic carbocycles. The molecule has 7 rings (SSSR count). The molecule has 3 aliphatic heterocycles. The van der Waals surface area contributed by atoms with E-state index in [1.165, 1.54) is 27.6 Å². The lowest BCUT2D eigenvalue weighted by Gasteiger charge is -2.26. The van der Waals surface area contributed by atoms with Gasteiger partial charge < -0.3 is 39.0 Å². The zero-order chi connectivity index (χ0) is 31.8. The first-order valence-corrected chi connectivity index (χ1v) is 16.8. The van der Waals surface area contributed by atoms with Crippen molar-refractivity contribution in [1.82, 2.24) is 29.1 Å². The van der Waals surface area contributed by atoms with Crippen LogP contribution in [0.25, 0.3) is 22.2 Å². The zero-order valence-corrected chi connectivity index (χ0v) is 25.6. The Labute approximate surface area is 260 Å².